The largest absolute Gasteiger partial charge is 0.206 e. The Bertz CT molecular complexity index is 565. The van der Waals surface area contributed by atoms with E-state index in [1.54, 1.807) is 6.07 Å². The Hall–Kier alpha value is -1.55. The molecule has 0 bridgehead atoms. The van der Waals surface area contributed by atoms with Crippen LogP contribution in [0.2, 0.25) is 0 Å². The highest BCUT2D eigenvalue weighted by Crippen LogP contribution is 2.31. The van der Waals surface area contributed by atoms with Crippen LogP contribution in [0.1, 0.15) is 69.9 Å². The van der Waals surface area contributed by atoms with Crippen molar-refractivity contribution in [3.8, 4) is 11.8 Å². The lowest BCUT2D eigenvalue weighted by Gasteiger charge is -2.25. The summed E-state index contributed by atoms with van der Waals surface area (Å²) < 4.78 is 14.0. The van der Waals surface area contributed by atoms with Gasteiger partial charge in [-0.2, -0.15) is 0 Å². The summed E-state index contributed by atoms with van der Waals surface area (Å²) in [5.74, 6) is 7.34. The third-order valence-corrected chi connectivity index (χ3v) is 4.98. The van der Waals surface area contributed by atoms with Crippen LogP contribution in [0.15, 0.2) is 30.4 Å². The minimum Gasteiger partial charge on any atom is -0.206 e. The zero-order chi connectivity index (χ0) is 16.5. The molecule has 0 unspecified atom stereocenters. The van der Waals surface area contributed by atoms with Gasteiger partial charge < -0.3 is 0 Å². The van der Waals surface area contributed by atoms with E-state index in [9.17, 15) is 4.39 Å². The average molecular weight is 312 g/mol. The summed E-state index contributed by atoms with van der Waals surface area (Å²) in [4.78, 5) is 0. The van der Waals surface area contributed by atoms with Crippen molar-refractivity contribution in [2.45, 2.75) is 65.2 Å². The van der Waals surface area contributed by atoms with Crippen molar-refractivity contribution in [1.29, 1.82) is 0 Å². The van der Waals surface area contributed by atoms with E-state index in [0.29, 0.717) is 11.5 Å². The molecule has 0 aliphatic heterocycles. The summed E-state index contributed by atoms with van der Waals surface area (Å²) in [7, 11) is 0. The van der Waals surface area contributed by atoms with Crippen molar-refractivity contribution >= 4 is 0 Å². The molecule has 0 aromatic heterocycles. The highest BCUT2D eigenvalue weighted by atomic mass is 19.1. The Morgan fingerprint density at radius 1 is 1.17 bits per heavy atom. The van der Waals surface area contributed by atoms with Gasteiger partial charge in [0.2, 0.25) is 0 Å². The van der Waals surface area contributed by atoms with E-state index in [2.05, 4.69) is 31.8 Å². The molecule has 0 N–H and O–H groups in total. The monoisotopic (exact) mass is 312 g/mol. The Morgan fingerprint density at radius 3 is 2.61 bits per heavy atom. The number of benzene rings is 1. The van der Waals surface area contributed by atoms with Gasteiger partial charge in [-0.15, -0.1) is 0 Å². The molecule has 2 rings (SSSR count). The fourth-order valence-corrected chi connectivity index (χ4v) is 3.29. The van der Waals surface area contributed by atoms with Crippen LogP contribution in [0, 0.1) is 29.5 Å². The molecule has 1 aliphatic carbocycles. The highest BCUT2D eigenvalue weighted by Gasteiger charge is 2.17. The number of halogens is 1. The number of unbranched alkanes of at least 4 members (excludes halogenated alkanes) is 1. The smallest absolute Gasteiger partial charge is 0.139 e. The lowest BCUT2D eigenvalue weighted by molar-refractivity contribution is 0.304. The van der Waals surface area contributed by atoms with Crippen LogP contribution in [0.25, 0.3) is 0 Å². The molecule has 1 aromatic rings. The van der Waals surface area contributed by atoms with Gasteiger partial charge in [0.1, 0.15) is 5.82 Å². The van der Waals surface area contributed by atoms with E-state index in [1.807, 2.05) is 18.2 Å². The molecule has 1 saturated carbocycles. The topological polar surface area (TPSA) is 0 Å². The lowest BCUT2D eigenvalue weighted by atomic mass is 9.81. The molecule has 1 fully saturated rings. The van der Waals surface area contributed by atoms with Crippen molar-refractivity contribution in [1.82, 2.24) is 0 Å². The molecule has 1 heteroatoms. The molecule has 0 heterocycles. The second-order valence-electron chi connectivity index (χ2n) is 6.74. The molecular formula is C22H29F. The van der Waals surface area contributed by atoms with Crippen molar-refractivity contribution in [3.63, 3.8) is 0 Å². The standard InChI is InChI=1S/C22H29F/c1-3-5-8-20-15-16-21(22(23)17-20)10-7-6-9-19-13-11-18(4-2)12-14-19/h6,9,15-19H,3-5,8,11-14H2,1-2H3. The summed E-state index contributed by atoms with van der Waals surface area (Å²) in [6.07, 6.45) is 13.9. The SMILES string of the molecule is CCCCc1ccc(C#CC=CC2CCC(CC)CC2)c(F)c1. The second-order valence-corrected chi connectivity index (χ2v) is 6.74. The quantitative estimate of drug-likeness (QED) is 0.560. The Balaban J connectivity index is 1.88. The van der Waals surface area contributed by atoms with Crippen LogP contribution < -0.4 is 0 Å². The molecule has 23 heavy (non-hydrogen) atoms. The predicted octanol–water partition coefficient (Wildman–Crippen LogP) is 6.29. The lowest BCUT2D eigenvalue weighted by Crippen LogP contribution is -2.11. The van der Waals surface area contributed by atoms with Crippen molar-refractivity contribution in [3.05, 3.63) is 47.3 Å². The maximum atomic E-state index is 14.0. The number of rotatable bonds is 5. The van der Waals surface area contributed by atoms with Gasteiger partial charge in [0.15, 0.2) is 0 Å². The van der Waals surface area contributed by atoms with Crippen LogP contribution in [0.5, 0.6) is 0 Å². The van der Waals surface area contributed by atoms with Gasteiger partial charge in [-0.25, -0.2) is 4.39 Å². The van der Waals surface area contributed by atoms with Crippen LogP contribution in [-0.2, 0) is 6.42 Å². The molecule has 0 nitrogen and oxygen atoms in total. The van der Waals surface area contributed by atoms with Crippen LogP contribution in [0.4, 0.5) is 4.39 Å². The summed E-state index contributed by atoms with van der Waals surface area (Å²) >= 11 is 0. The zero-order valence-electron chi connectivity index (χ0n) is 14.6. The summed E-state index contributed by atoms with van der Waals surface area (Å²) in [6, 6.07) is 5.45. The fraction of sp³-hybridized carbons (Fsp3) is 0.545. The molecular weight excluding hydrogens is 283 g/mol. The minimum atomic E-state index is -0.192. The zero-order valence-corrected chi connectivity index (χ0v) is 14.6. The van der Waals surface area contributed by atoms with Crippen LogP contribution in [-0.4, -0.2) is 0 Å². The van der Waals surface area contributed by atoms with Crippen molar-refractivity contribution in [2.24, 2.45) is 11.8 Å². The minimum absolute atomic E-state index is 0.192. The molecule has 0 radical (unpaired) electrons. The molecule has 124 valence electrons. The Morgan fingerprint density at radius 2 is 1.96 bits per heavy atom. The number of hydrogen-bond acceptors (Lipinski definition) is 0. The molecule has 0 amide bonds. The molecule has 0 saturated heterocycles. The van der Waals surface area contributed by atoms with E-state index in [4.69, 9.17) is 0 Å². The average Bonchev–Trinajstić information content (AvgIpc) is 2.58. The molecule has 1 aliphatic rings. The van der Waals surface area contributed by atoms with Gasteiger partial charge in [-0.1, -0.05) is 50.7 Å². The summed E-state index contributed by atoms with van der Waals surface area (Å²) in [5, 5.41) is 0. The third kappa shape index (κ3) is 5.87. The van der Waals surface area contributed by atoms with Gasteiger partial charge >= 0.3 is 0 Å². The molecule has 1 aromatic carbocycles. The first-order valence-corrected chi connectivity index (χ1v) is 9.19. The van der Waals surface area contributed by atoms with Crippen molar-refractivity contribution in [2.75, 3.05) is 0 Å². The first-order chi connectivity index (χ1) is 11.2. The highest BCUT2D eigenvalue weighted by molar-refractivity contribution is 5.39. The number of hydrogen-bond donors (Lipinski definition) is 0. The number of allylic oxidation sites excluding steroid dienone is 2. The Labute approximate surface area is 141 Å². The first kappa shape index (κ1) is 17.8. The fourth-order valence-electron chi connectivity index (χ4n) is 3.29. The number of aryl methyl sites for hydroxylation is 1. The van der Waals surface area contributed by atoms with Gasteiger partial charge in [-0.05, 0) is 74.1 Å². The van der Waals surface area contributed by atoms with Gasteiger partial charge in [-0.3, -0.25) is 0 Å². The first-order valence-electron chi connectivity index (χ1n) is 9.19. The van der Waals surface area contributed by atoms with Crippen molar-refractivity contribution < 1.29 is 4.39 Å². The summed E-state index contributed by atoms with van der Waals surface area (Å²) in [5.41, 5.74) is 1.57. The van der Waals surface area contributed by atoms with Gasteiger partial charge in [0, 0.05) is 0 Å². The maximum absolute atomic E-state index is 14.0. The predicted molar refractivity (Wildman–Crippen MR) is 96.8 cm³/mol. The molecule has 0 atom stereocenters. The van der Waals surface area contributed by atoms with E-state index >= 15 is 0 Å². The van der Waals surface area contributed by atoms with E-state index < -0.39 is 0 Å². The van der Waals surface area contributed by atoms with E-state index in [0.717, 1.165) is 30.7 Å². The maximum Gasteiger partial charge on any atom is 0.139 e. The Kier molecular flexibility index (Phi) is 7.40. The molecule has 0 spiro atoms. The van der Waals surface area contributed by atoms with Gasteiger partial charge in [0.25, 0.3) is 0 Å². The summed E-state index contributed by atoms with van der Waals surface area (Å²) in [6.45, 7) is 4.44. The van der Waals surface area contributed by atoms with Gasteiger partial charge in [0.05, 0.1) is 5.56 Å². The second kappa shape index (κ2) is 9.56. The van der Waals surface area contributed by atoms with E-state index in [-0.39, 0.29) is 5.82 Å². The normalized spacial score (nSPS) is 21.2. The third-order valence-electron chi connectivity index (χ3n) is 4.98. The van der Waals surface area contributed by atoms with E-state index in [1.165, 1.54) is 32.1 Å². The van der Waals surface area contributed by atoms with Crippen LogP contribution in [0.3, 0.4) is 0 Å². The van der Waals surface area contributed by atoms with Crippen LogP contribution >= 0.6 is 0 Å².